The van der Waals surface area contributed by atoms with Gasteiger partial charge in [-0.2, -0.15) is 0 Å². The lowest BCUT2D eigenvalue weighted by molar-refractivity contribution is -0.0531. The molecule has 0 N–H and O–H groups in total. The number of ether oxygens (including phenoxy) is 2. The molecule has 0 unspecified atom stereocenters. The molecule has 0 aromatic rings. The van der Waals surface area contributed by atoms with Gasteiger partial charge in [0.15, 0.2) is 0 Å². The first kappa shape index (κ1) is 22.4. The minimum Gasteiger partial charge on any atom is -0.355 e. The van der Waals surface area contributed by atoms with Gasteiger partial charge in [0.2, 0.25) is 0 Å². The predicted octanol–water partition coefficient (Wildman–Crippen LogP) is 6.67. The van der Waals surface area contributed by atoms with E-state index in [2.05, 4.69) is 41.7 Å². The van der Waals surface area contributed by atoms with Crippen LogP contribution in [0.5, 0.6) is 0 Å². The fourth-order valence-corrected chi connectivity index (χ4v) is 2.80. The van der Waals surface area contributed by atoms with Gasteiger partial charge in [-0.15, -0.1) is 0 Å². The molecule has 3 heteroatoms. The summed E-state index contributed by atoms with van der Waals surface area (Å²) in [6.45, 7) is 4.30. The van der Waals surface area contributed by atoms with Crippen LogP contribution < -0.4 is 0 Å². The minimum absolute atomic E-state index is 0.456. The van der Waals surface area contributed by atoms with Gasteiger partial charge in [-0.1, -0.05) is 86.6 Å². The van der Waals surface area contributed by atoms with E-state index in [1.54, 1.807) is 0 Å². The summed E-state index contributed by atoms with van der Waals surface area (Å²) in [5.74, 6) is 0. The fourth-order valence-electron chi connectivity index (χ4n) is 2.26. The Balaban J connectivity index is 3.02. The summed E-state index contributed by atoms with van der Waals surface area (Å²) in [4.78, 5) is 0. The van der Waals surface area contributed by atoms with Gasteiger partial charge in [-0.05, 0) is 36.5 Å². The van der Waals surface area contributed by atoms with E-state index in [4.69, 9.17) is 9.47 Å². The number of unbranched alkanes of at least 4 members (excludes halogenated alkanes) is 9. The Bertz CT molecular complexity index is 219. The molecule has 0 aliphatic heterocycles. The van der Waals surface area contributed by atoms with Gasteiger partial charge in [0.25, 0.3) is 0 Å². The predicted molar refractivity (Wildman–Crippen MR) is 106 cm³/mol. The maximum absolute atomic E-state index is 5.45. The molecule has 0 fully saturated rings. The Hall–Kier alpha value is 0.390. The first-order valence-electron chi connectivity index (χ1n) is 9.28. The summed E-state index contributed by atoms with van der Waals surface area (Å²) in [5.41, 5.74) is 0. The Morgan fingerprint density at radius 1 is 0.682 bits per heavy atom. The van der Waals surface area contributed by atoms with Gasteiger partial charge >= 0.3 is 0 Å². The zero-order valence-corrected chi connectivity index (χ0v) is 16.8. The molecule has 132 valence electrons. The van der Waals surface area contributed by atoms with Crippen LogP contribution in [0.3, 0.4) is 0 Å². The average Bonchev–Trinajstić information content (AvgIpc) is 2.54. The van der Waals surface area contributed by atoms with Crippen molar-refractivity contribution in [2.75, 3.05) is 24.4 Å². The highest BCUT2D eigenvalue weighted by atomic mass is 127. The molecule has 0 atom stereocenters. The fraction of sp³-hybridized carbons (Fsp3) is 0.895. The van der Waals surface area contributed by atoms with E-state index in [1.165, 1.54) is 68.6 Å². The lowest BCUT2D eigenvalue weighted by Gasteiger charge is -2.04. The van der Waals surface area contributed by atoms with Crippen molar-refractivity contribution in [1.29, 1.82) is 0 Å². The molecular weight excluding hydrogens is 387 g/mol. The van der Waals surface area contributed by atoms with Crippen molar-refractivity contribution in [2.24, 2.45) is 0 Å². The highest BCUT2D eigenvalue weighted by molar-refractivity contribution is 14.1. The highest BCUT2D eigenvalue weighted by Gasteiger charge is 1.91. The van der Waals surface area contributed by atoms with Crippen LogP contribution in [-0.2, 0) is 9.47 Å². The molecule has 0 bridgehead atoms. The van der Waals surface area contributed by atoms with Crippen molar-refractivity contribution in [3.63, 3.8) is 0 Å². The van der Waals surface area contributed by atoms with E-state index in [0.717, 1.165) is 26.1 Å². The van der Waals surface area contributed by atoms with Crippen molar-refractivity contribution in [1.82, 2.24) is 0 Å². The van der Waals surface area contributed by atoms with E-state index in [1.807, 2.05) is 0 Å². The number of rotatable bonds is 18. The van der Waals surface area contributed by atoms with Crippen LogP contribution in [0.1, 0.15) is 84.0 Å². The number of hydrogen-bond donors (Lipinski definition) is 0. The van der Waals surface area contributed by atoms with Crippen molar-refractivity contribution in [3.8, 4) is 0 Å². The van der Waals surface area contributed by atoms with Crippen LogP contribution in [0.15, 0.2) is 12.2 Å². The minimum atomic E-state index is 0.456. The standard InChI is InChI=1S/C19H37IO2/c1-2-3-4-14-17-21-19-22-18-15-12-10-8-6-5-7-9-11-13-16-20/h10,12H,2-9,11,13-19H2,1H3. The van der Waals surface area contributed by atoms with E-state index in [0.29, 0.717) is 6.79 Å². The third-order valence-electron chi connectivity index (χ3n) is 3.66. The molecule has 0 aliphatic carbocycles. The molecule has 2 nitrogen and oxygen atoms in total. The summed E-state index contributed by atoms with van der Waals surface area (Å²) in [6, 6.07) is 0. The molecule has 0 amide bonds. The number of allylic oxidation sites excluding steroid dienone is 1. The van der Waals surface area contributed by atoms with Crippen molar-refractivity contribution < 1.29 is 9.47 Å². The lowest BCUT2D eigenvalue weighted by atomic mass is 10.1. The smallest absolute Gasteiger partial charge is 0.146 e. The maximum atomic E-state index is 5.45. The Morgan fingerprint density at radius 2 is 1.32 bits per heavy atom. The summed E-state index contributed by atoms with van der Waals surface area (Å²) in [7, 11) is 0. The van der Waals surface area contributed by atoms with Crippen LogP contribution in [0.25, 0.3) is 0 Å². The average molecular weight is 424 g/mol. The zero-order chi connectivity index (χ0) is 16.1. The molecule has 0 aromatic carbocycles. The topological polar surface area (TPSA) is 18.5 Å². The van der Waals surface area contributed by atoms with Gasteiger partial charge in [0, 0.05) is 6.61 Å². The van der Waals surface area contributed by atoms with Gasteiger partial charge < -0.3 is 9.47 Å². The number of halogens is 1. The third-order valence-corrected chi connectivity index (χ3v) is 4.42. The largest absolute Gasteiger partial charge is 0.355 e. The molecular formula is C19H37IO2. The van der Waals surface area contributed by atoms with E-state index in [9.17, 15) is 0 Å². The zero-order valence-electron chi connectivity index (χ0n) is 14.7. The Labute approximate surface area is 152 Å². The van der Waals surface area contributed by atoms with Crippen LogP contribution in [0, 0.1) is 0 Å². The van der Waals surface area contributed by atoms with Gasteiger partial charge in [-0.3, -0.25) is 0 Å². The first-order chi connectivity index (χ1) is 10.9. The lowest BCUT2D eigenvalue weighted by Crippen LogP contribution is -2.02. The summed E-state index contributed by atoms with van der Waals surface area (Å²) < 4.78 is 12.2. The molecule has 0 saturated heterocycles. The van der Waals surface area contributed by atoms with E-state index in [-0.39, 0.29) is 0 Å². The Morgan fingerprint density at radius 3 is 2.09 bits per heavy atom. The van der Waals surface area contributed by atoms with Crippen molar-refractivity contribution in [2.45, 2.75) is 84.0 Å². The Kier molecular flexibility index (Phi) is 21.8. The first-order valence-corrected chi connectivity index (χ1v) is 10.8. The van der Waals surface area contributed by atoms with Crippen LogP contribution in [0.4, 0.5) is 0 Å². The summed E-state index contributed by atoms with van der Waals surface area (Å²) in [6.07, 6.45) is 20.2. The second kappa shape index (κ2) is 21.4. The SMILES string of the molecule is CCCCCCOCOCCC=CCCCCCCCCI. The number of hydrogen-bond acceptors (Lipinski definition) is 2. The van der Waals surface area contributed by atoms with E-state index < -0.39 is 0 Å². The normalized spacial score (nSPS) is 11.5. The molecule has 0 heterocycles. The monoisotopic (exact) mass is 424 g/mol. The second-order valence-electron chi connectivity index (χ2n) is 5.85. The van der Waals surface area contributed by atoms with Gasteiger partial charge in [0.05, 0.1) is 6.61 Å². The molecule has 0 saturated carbocycles. The molecule has 0 rings (SSSR count). The molecule has 0 aliphatic rings. The van der Waals surface area contributed by atoms with Crippen LogP contribution in [-0.4, -0.2) is 24.4 Å². The number of alkyl halides is 1. The summed E-state index contributed by atoms with van der Waals surface area (Å²) in [5, 5.41) is 0. The van der Waals surface area contributed by atoms with Crippen LogP contribution >= 0.6 is 22.6 Å². The van der Waals surface area contributed by atoms with Gasteiger partial charge in [0.1, 0.15) is 6.79 Å². The van der Waals surface area contributed by atoms with Gasteiger partial charge in [-0.25, -0.2) is 0 Å². The molecule has 0 aromatic heterocycles. The second-order valence-corrected chi connectivity index (χ2v) is 6.93. The molecule has 0 radical (unpaired) electrons. The third kappa shape index (κ3) is 20.4. The summed E-state index contributed by atoms with van der Waals surface area (Å²) >= 11 is 2.46. The highest BCUT2D eigenvalue weighted by Crippen LogP contribution is 2.08. The van der Waals surface area contributed by atoms with Crippen molar-refractivity contribution >= 4 is 22.6 Å². The quantitative estimate of drug-likeness (QED) is 0.0804. The van der Waals surface area contributed by atoms with Crippen molar-refractivity contribution in [3.05, 3.63) is 12.2 Å². The van der Waals surface area contributed by atoms with E-state index >= 15 is 0 Å². The maximum Gasteiger partial charge on any atom is 0.146 e. The molecule has 22 heavy (non-hydrogen) atoms. The van der Waals surface area contributed by atoms with Crippen LogP contribution in [0.2, 0.25) is 0 Å². The molecule has 0 spiro atoms.